The molecule has 1 aliphatic heterocycles. The molecule has 0 aliphatic carbocycles. The van der Waals surface area contributed by atoms with E-state index in [0.29, 0.717) is 12.0 Å². The number of nitro groups is 1. The molecular formula is C15H21N3O3. The molecule has 1 aliphatic rings. The van der Waals surface area contributed by atoms with E-state index in [1.54, 1.807) is 0 Å². The van der Waals surface area contributed by atoms with Gasteiger partial charge < -0.3 is 10.4 Å². The normalized spacial score (nSPS) is 17.4. The Hall–Kier alpha value is -1.92. The number of hydrogen-bond acceptors (Lipinski definition) is 5. The molecule has 1 heterocycles. The lowest BCUT2D eigenvalue weighted by Gasteiger charge is -2.35. The van der Waals surface area contributed by atoms with Crippen molar-refractivity contribution in [1.82, 2.24) is 10.2 Å². The summed E-state index contributed by atoms with van der Waals surface area (Å²) < 4.78 is 0. The van der Waals surface area contributed by atoms with Gasteiger partial charge in [0.15, 0.2) is 0 Å². The number of hydrogen-bond donors (Lipinski definition) is 2. The number of nitro benzene ring substituents is 1. The third kappa shape index (κ3) is 3.80. The largest absolute Gasteiger partial charge is 0.508 e. The van der Waals surface area contributed by atoms with Crippen molar-refractivity contribution in [3.8, 4) is 5.75 Å². The minimum absolute atomic E-state index is 0.0532. The van der Waals surface area contributed by atoms with Crippen LogP contribution in [0.15, 0.2) is 30.4 Å². The number of rotatable bonds is 5. The number of aromatic hydroxyl groups is 1. The predicted octanol–water partition coefficient (Wildman–Crippen LogP) is 2.21. The highest BCUT2D eigenvalue weighted by molar-refractivity contribution is 5.47. The fraction of sp³-hybridized carbons (Fsp3) is 0.467. The van der Waals surface area contributed by atoms with E-state index in [9.17, 15) is 15.2 Å². The summed E-state index contributed by atoms with van der Waals surface area (Å²) in [5, 5.41) is 24.3. The van der Waals surface area contributed by atoms with Crippen LogP contribution in [0.5, 0.6) is 5.75 Å². The van der Waals surface area contributed by atoms with Crippen LogP contribution >= 0.6 is 0 Å². The topological polar surface area (TPSA) is 78.6 Å². The molecule has 0 spiro atoms. The molecule has 0 aromatic heterocycles. The van der Waals surface area contributed by atoms with Gasteiger partial charge in [-0.3, -0.25) is 15.0 Å². The first kappa shape index (κ1) is 15.5. The molecule has 114 valence electrons. The molecule has 1 fully saturated rings. The number of benzene rings is 1. The Morgan fingerprint density at radius 2 is 2.19 bits per heavy atom. The molecule has 1 aromatic rings. The Morgan fingerprint density at radius 1 is 1.52 bits per heavy atom. The van der Waals surface area contributed by atoms with Crippen LogP contribution in [0.1, 0.15) is 24.9 Å². The predicted molar refractivity (Wildman–Crippen MR) is 81.4 cm³/mol. The van der Waals surface area contributed by atoms with Crippen LogP contribution < -0.4 is 5.32 Å². The van der Waals surface area contributed by atoms with Crippen molar-refractivity contribution in [1.29, 1.82) is 0 Å². The molecule has 6 heteroatoms. The van der Waals surface area contributed by atoms with Crippen molar-refractivity contribution in [2.45, 2.75) is 19.4 Å². The quantitative estimate of drug-likeness (QED) is 0.494. The van der Waals surface area contributed by atoms with Gasteiger partial charge in [0.25, 0.3) is 5.69 Å². The molecular weight excluding hydrogens is 270 g/mol. The highest BCUT2D eigenvalue weighted by Crippen LogP contribution is 2.35. The summed E-state index contributed by atoms with van der Waals surface area (Å²) in [5.74, 6) is 0.0532. The maximum Gasteiger partial charge on any atom is 0.274 e. The summed E-state index contributed by atoms with van der Waals surface area (Å²) in [6.07, 6.45) is 0.643. The summed E-state index contributed by atoms with van der Waals surface area (Å²) in [6.45, 7) is 9.23. The first-order valence-corrected chi connectivity index (χ1v) is 7.05. The van der Waals surface area contributed by atoms with E-state index < -0.39 is 0 Å². The summed E-state index contributed by atoms with van der Waals surface area (Å²) >= 11 is 0. The molecule has 0 saturated carbocycles. The summed E-state index contributed by atoms with van der Waals surface area (Å²) in [5.41, 5.74) is 1.58. The van der Waals surface area contributed by atoms with E-state index in [1.807, 2.05) is 6.92 Å². The van der Waals surface area contributed by atoms with Crippen molar-refractivity contribution in [2.24, 2.45) is 0 Å². The fourth-order valence-corrected chi connectivity index (χ4v) is 2.73. The molecule has 2 rings (SSSR count). The van der Waals surface area contributed by atoms with Crippen LogP contribution in [0.2, 0.25) is 0 Å². The number of phenolic OH excluding ortho intramolecular Hbond substituents is 1. The molecule has 0 bridgehead atoms. The van der Waals surface area contributed by atoms with Crippen LogP contribution in [0.3, 0.4) is 0 Å². The van der Waals surface area contributed by atoms with Gasteiger partial charge in [-0.2, -0.15) is 0 Å². The van der Waals surface area contributed by atoms with Crippen molar-refractivity contribution >= 4 is 5.69 Å². The molecule has 21 heavy (non-hydrogen) atoms. The van der Waals surface area contributed by atoms with Crippen molar-refractivity contribution in [2.75, 3.05) is 26.2 Å². The molecule has 0 amide bonds. The van der Waals surface area contributed by atoms with Crippen LogP contribution in [0.25, 0.3) is 0 Å². The van der Waals surface area contributed by atoms with Gasteiger partial charge in [0.1, 0.15) is 5.75 Å². The molecule has 1 saturated heterocycles. The van der Waals surface area contributed by atoms with Gasteiger partial charge in [-0.25, -0.2) is 0 Å². The highest BCUT2D eigenvalue weighted by atomic mass is 16.6. The number of nitrogens with one attached hydrogen (secondary N) is 1. The Morgan fingerprint density at radius 3 is 2.76 bits per heavy atom. The third-order valence-corrected chi connectivity index (χ3v) is 3.70. The number of nitrogens with zero attached hydrogens (tertiary/aromatic N) is 2. The van der Waals surface area contributed by atoms with Crippen LogP contribution in [-0.2, 0) is 0 Å². The number of phenols is 1. The maximum atomic E-state index is 11.3. The van der Waals surface area contributed by atoms with Crippen LogP contribution in [0.4, 0.5) is 5.69 Å². The molecule has 1 atom stereocenters. The molecule has 6 nitrogen and oxygen atoms in total. The van der Waals surface area contributed by atoms with Crippen LogP contribution in [-0.4, -0.2) is 41.1 Å². The Kier molecular flexibility index (Phi) is 4.93. The van der Waals surface area contributed by atoms with Gasteiger partial charge in [-0.15, -0.1) is 6.58 Å². The molecule has 2 N–H and O–H groups in total. The van der Waals surface area contributed by atoms with E-state index in [2.05, 4.69) is 16.8 Å². The lowest BCUT2D eigenvalue weighted by molar-refractivity contribution is -0.386. The number of piperazine rings is 1. The highest BCUT2D eigenvalue weighted by Gasteiger charge is 2.28. The molecule has 0 unspecified atom stereocenters. The Balaban J connectivity index is 2.41. The first-order chi connectivity index (χ1) is 9.99. The zero-order chi connectivity index (χ0) is 15.4. The van der Waals surface area contributed by atoms with Crippen molar-refractivity contribution in [3.05, 3.63) is 46.0 Å². The second-order valence-electron chi connectivity index (χ2n) is 5.46. The van der Waals surface area contributed by atoms with Gasteiger partial charge in [0, 0.05) is 38.3 Å². The molecule has 1 aromatic carbocycles. The van der Waals surface area contributed by atoms with E-state index in [-0.39, 0.29) is 22.4 Å². The van der Waals surface area contributed by atoms with Crippen molar-refractivity contribution in [3.63, 3.8) is 0 Å². The lowest BCUT2D eigenvalue weighted by atomic mass is 9.96. The summed E-state index contributed by atoms with van der Waals surface area (Å²) in [6, 6.07) is 4.11. The zero-order valence-electron chi connectivity index (χ0n) is 12.2. The minimum atomic E-state index is -0.387. The Bertz CT molecular complexity index is 539. The minimum Gasteiger partial charge on any atom is -0.508 e. The first-order valence-electron chi connectivity index (χ1n) is 7.05. The zero-order valence-corrected chi connectivity index (χ0v) is 12.2. The average molecular weight is 291 g/mol. The molecule has 0 radical (unpaired) electrons. The summed E-state index contributed by atoms with van der Waals surface area (Å²) in [7, 11) is 0. The van der Waals surface area contributed by atoms with Gasteiger partial charge >= 0.3 is 0 Å². The van der Waals surface area contributed by atoms with Gasteiger partial charge in [-0.05, 0) is 25.5 Å². The van der Waals surface area contributed by atoms with E-state index in [4.69, 9.17) is 0 Å². The average Bonchev–Trinajstić information content (AvgIpc) is 2.45. The SMILES string of the molecule is C=C(C)C[C@@H](c1cc(O)ccc1[N+](=O)[O-])N1CCNCC1. The van der Waals surface area contributed by atoms with Gasteiger partial charge in [0.2, 0.25) is 0 Å². The van der Waals surface area contributed by atoms with Crippen molar-refractivity contribution < 1.29 is 10.0 Å². The standard InChI is InChI=1S/C15H21N3O3/c1-11(2)9-15(17-7-5-16-6-8-17)13-10-12(19)3-4-14(13)18(20)21/h3-4,10,15-16,19H,1,5-9H2,2H3/t15-/m0/s1. The monoisotopic (exact) mass is 291 g/mol. The van der Waals surface area contributed by atoms with Gasteiger partial charge in [-0.1, -0.05) is 5.57 Å². The smallest absolute Gasteiger partial charge is 0.274 e. The van der Waals surface area contributed by atoms with E-state index in [1.165, 1.54) is 18.2 Å². The second-order valence-corrected chi connectivity index (χ2v) is 5.46. The lowest BCUT2D eigenvalue weighted by Crippen LogP contribution is -2.45. The second kappa shape index (κ2) is 6.69. The van der Waals surface area contributed by atoms with Gasteiger partial charge in [0.05, 0.1) is 10.5 Å². The fourth-order valence-electron chi connectivity index (χ4n) is 2.73. The van der Waals surface area contributed by atoms with Crippen LogP contribution in [0, 0.1) is 10.1 Å². The third-order valence-electron chi connectivity index (χ3n) is 3.70. The summed E-state index contributed by atoms with van der Waals surface area (Å²) in [4.78, 5) is 13.1. The van der Waals surface area contributed by atoms with E-state index >= 15 is 0 Å². The maximum absolute atomic E-state index is 11.3. The Labute approximate surface area is 124 Å². The van der Waals surface area contributed by atoms with E-state index in [0.717, 1.165) is 31.8 Å².